The third kappa shape index (κ3) is 3.34. The van der Waals surface area contributed by atoms with Crippen molar-refractivity contribution in [2.24, 2.45) is 5.92 Å². The van der Waals surface area contributed by atoms with Gasteiger partial charge in [0.2, 0.25) is 0 Å². The molecule has 0 bridgehead atoms. The van der Waals surface area contributed by atoms with Crippen LogP contribution in [0.3, 0.4) is 0 Å². The number of nitrogens with zero attached hydrogens (tertiary/aromatic N) is 2. The molecule has 1 unspecified atom stereocenters. The van der Waals surface area contributed by atoms with Crippen molar-refractivity contribution in [1.29, 1.82) is 0 Å². The molecule has 0 aromatic carbocycles. The molecule has 3 nitrogen and oxygen atoms in total. The van der Waals surface area contributed by atoms with Crippen LogP contribution in [-0.4, -0.2) is 16.3 Å². The van der Waals surface area contributed by atoms with Gasteiger partial charge in [0.15, 0.2) is 0 Å². The minimum absolute atomic E-state index is 0.401. The van der Waals surface area contributed by atoms with E-state index in [0.717, 1.165) is 19.0 Å². The van der Waals surface area contributed by atoms with Crippen molar-refractivity contribution in [2.75, 3.05) is 6.54 Å². The summed E-state index contributed by atoms with van der Waals surface area (Å²) in [5, 5.41) is 7.90. The molecule has 0 spiro atoms. The summed E-state index contributed by atoms with van der Waals surface area (Å²) in [7, 11) is 0. The number of hydrogen-bond acceptors (Lipinski definition) is 2. The normalized spacial score (nSPS) is 13.4. The van der Waals surface area contributed by atoms with Crippen LogP contribution in [0.2, 0.25) is 0 Å². The molecule has 0 fully saturated rings. The monoisotopic (exact) mass is 223 g/mol. The van der Waals surface area contributed by atoms with Crippen LogP contribution in [0, 0.1) is 12.8 Å². The Morgan fingerprint density at radius 2 is 2.06 bits per heavy atom. The zero-order chi connectivity index (χ0) is 12.1. The number of rotatable bonds is 6. The van der Waals surface area contributed by atoms with Gasteiger partial charge in [-0.1, -0.05) is 20.8 Å². The predicted molar refractivity (Wildman–Crippen MR) is 68.5 cm³/mol. The van der Waals surface area contributed by atoms with Gasteiger partial charge < -0.3 is 5.32 Å². The van der Waals surface area contributed by atoms with Crippen LogP contribution in [-0.2, 0) is 6.54 Å². The highest BCUT2D eigenvalue weighted by atomic mass is 15.3. The second kappa shape index (κ2) is 6.04. The van der Waals surface area contributed by atoms with Crippen LogP contribution in [0.15, 0.2) is 6.20 Å². The molecule has 0 aliphatic carbocycles. The molecule has 1 heterocycles. The molecular weight excluding hydrogens is 198 g/mol. The quantitative estimate of drug-likeness (QED) is 0.803. The lowest BCUT2D eigenvalue weighted by Gasteiger charge is -2.12. The van der Waals surface area contributed by atoms with E-state index >= 15 is 0 Å². The fourth-order valence-corrected chi connectivity index (χ4v) is 1.91. The Hall–Kier alpha value is -0.830. The number of aromatic nitrogens is 2. The third-order valence-corrected chi connectivity index (χ3v) is 3.04. The second-order valence-corrected chi connectivity index (χ2v) is 4.87. The minimum atomic E-state index is 0.401. The Morgan fingerprint density at radius 1 is 1.38 bits per heavy atom. The van der Waals surface area contributed by atoms with Gasteiger partial charge >= 0.3 is 0 Å². The van der Waals surface area contributed by atoms with Crippen LogP contribution < -0.4 is 5.32 Å². The Kier molecular flexibility index (Phi) is 5.00. The molecule has 1 aromatic rings. The molecular formula is C13H25N3. The van der Waals surface area contributed by atoms with Crippen molar-refractivity contribution < 1.29 is 0 Å². The van der Waals surface area contributed by atoms with E-state index in [2.05, 4.69) is 49.7 Å². The summed E-state index contributed by atoms with van der Waals surface area (Å²) < 4.78 is 2.13. The smallest absolute Gasteiger partial charge is 0.0540 e. The zero-order valence-corrected chi connectivity index (χ0v) is 11.2. The largest absolute Gasteiger partial charge is 0.310 e. The lowest BCUT2D eigenvalue weighted by molar-refractivity contribution is 0.479. The van der Waals surface area contributed by atoms with Gasteiger partial charge in [-0.25, -0.2) is 0 Å². The highest BCUT2D eigenvalue weighted by Crippen LogP contribution is 2.17. The van der Waals surface area contributed by atoms with Crippen molar-refractivity contribution in [3.8, 4) is 0 Å². The second-order valence-electron chi connectivity index (χ2n) is 4.87. The molecule has 0 aliphatic heterocycles. The minimum Gasteiger partial charge on any atom is -0.310 e. The van der Waals surface area contributed by atoms with Gasteiger partial charge in [0.25, 0.3) is 0 Å². The first kappa shape index (κ1) is 13.2. The van der Waals surface area contributed by atoms with E-state index in [1.807, 2.05) is 6.20 Å². The van der Waals surface area contributed by atoms with Crippen LogP contribution in [0.4, 0.5) is 0 Å². The fourth-order valence-electron chi connectivity index (χ4n) is 1.91. The lowest BCUT2D eigenvalue weighted by Crippen LogP contribution is -2.18. The van der Waals surface area contributed by atoms with Crippen molar-refractivity contribution in [2.45, 2.75) is 53.6 Å². The molecule has 1 atom stereocenters. The lowest BCUT2D eigenvalue weighted by atomic mass is 10.1. The first-order chi connectivity index (χ1) is 7.56. The average molecular weight is 223 g/mol. The van der Waals surface area contributed by atoms with Crippen LogP contribution >= 0.6 is 0 Å². The van der Waals surface area contributed by atoms with Crippen molar-refractivity contribution in [3.05, 3.63) is 17.5 Å². The standard InChI is InChI=1S/C13H25N3/c1-6-14-11(4)13-9-15-16(12(13)5)8-7-10(2)3/h9-11,14H,6-8H2,1-5H3. The van der Waals surface area contributed by atoms with Gasteiger partial charge in [-0.15, -0.1) is 0 Å². The van der Waals surface area contributed by atoms with Crippen molar-refractivity contribution in [3.63, 3.8) is 0 Å². The highest BCUT2D eigenvalue weighted by molar-refractivity contribution is 5.19. The fraction of sp³-hybridized carbons (Fsp3) is 0.769. The molecule has 1 N–H and O–H groups in total. The topological polar surface area (TPSA) is 29.9 Å². The number of aryl methyl sites for hydroxylation is 1. The summed E-state index contributed by atoms with van der Waals surface area (Å²) in [6, 6.07) is 0.401. The maximum absolute atomic E-state index is 4.47. The molecule has 0 saturated heterocycles. The highest BCUT2D eigenvalue weighted by Gasteiger charge is 2.12. The van der Waals surface area contributed by atoms with Gasteiger partial charge in [-0.3, -0.25) is 4.68 Å². The van der Waals surface area contributed by atoms with Crippen molar-refractivity contribution >= 4 is 0 Å². The molecule has 0 amide bonds. The molecule has 0 aliphatic rings. The van der Waals surface area contributed by atoms with Gasteiger partial charge in [0, 0.05) is 23.8 Å². The van der Waals surface area contributed by atoms with Crippen molar-refractivity contribution in [1.82, 2.24) is 15.1 Å². The van der Waals surface area contributed by atoms with E-state index < -0.39 is 0 Å². The molecule has 92 valence electrons. The Morgan fingerprint density at radius 3 is 2.62 bits per heavy atom. The summed E-state index contributed by atoms with van der Waals surface area (Å²) >= 11 is 0. The number of nitrogens with one attached hydrogen (secondary N) is 1. The Bertz CT molecular complexity index is 315. The zero-order valence-electron chi connectivity index (χ0n) is 11.2. The van der Waals surface area contributed by atoms with Crippen LogP contribution in [0.25, 0.3) is 0 Å². The Labute approximate surface area is 99.2 Å². The van der Waals surface area contributed by atoms with Gasteiger partial charge in [0.1, 0.15) is 0 Å². The maximum Gasteiger partial charge on any atom is 0.0540 e. The molecule has 16 heavy (non-hydrogen) atoms. The first-order valence-corrected chi connectivity index (χ1v) is 6.32. The number of hydrogen-bond donors (Lipinski definition) is 1. The predicted octanol–water partition coefficient (Wildman–Crippen LogP) is 2.91. The van der Waals surface area contributed by atoms with E-state index in [0.29, 0.717) is 6.04 Å². The summed E-state index contributed by atoms with van der Waals surface area (Å²) in [6.45, 7) is 13.0. The van der Waals surface area contributed by atoms with Crippen LogP contribution in [0.1, 0.15) is 51.4 Å². The summed E-state index contributed by atoms with van der Waals surface area (Å²) in [5.41, 5.74) is 2.62. The summed E-state index contributed by atoms with van der Waals surface area (Å²) in [6.07, 6.45) is 3.19. The van der Waals surface area contributed by atoms with E-state index in [4.69, 9.17) is 0 Å². The van der Waals surface area contributed by atoms with Crippen LogP contribution in [0.5, 0.6) is 0 Å². The van der Waals surface area contributed by atoms with E-state index in [9.17, 15) is 0 Å². The van der Waals surface area contributed by atoms with Gasteiger partial charge in [-0.05, 0) is 32.7 Å². The first-order valence-electron chi connectivity index (χ1n) is 6.32. The summed E-state index contributed by atoms with van der Waals surface area (Å²) in [4.78, 5) is 0. The van der Waals surface area contributed by atoms with Gasteiger partial charge in [-0.2, -0.15) is 5.10 Å². The molecule has 1 rings (SSSR count). The van der Waals surface area contributed by atoms with E-state index in [-0.39, 0.29) is 0 Å². The molecule has 0 radical (unpaired) electrons. The SMILES string of the molecule is CCNC(C)c1cnn(CCC(C)C)c1C. The van der Waals surface area contributed by atoms with E-state index in [1.165, 1.54) is 17.7 Å². The average Bonchev–Trinajstić information content (AvgIpc) is 2.57. The third-order valence-electron chi connectivity index (χ3n) is 3.04. The Balaban J connectivity index is 2.68. The molecule has 0 saturated carbocycles. The molecule has 1 aromatic heterocycles. The maximum atomic E-state index is 4.47. The summed E-state index contributed by atoms with van der Waals surface area (Å²) in [5.74, 6) is 0.734. The van der Waals surface area contributed by atoms with E-state index in [1.54, 1.807) is 0 Å². The van der Waals surface area contributed by atoms with Gasteiger partial charge in [0.05, 0.1) is 6.20 Å². The molecule has 3 heteroatoms.